The van der Waals surface area contributed by atoms with Gasteiger partial charge in [0.2, 0.25) is 0 Å². The molecule has 0 unspecified atom stereocenters. The molecule has 0 spiro atoms. The van der Waals surface area contributed by atoms with Gasteiger partial charge in [0.25, 0.3) is 11.8 Å². The number of carbonyl (C=O) groups is 3. The van der Waals surface area contributed by atoms with Crippen molar-refractivity contribution in [3.05, 3.63) is 65.2 Å². The molecule has 174 valence electrons. The minimum Gasteiger partial charge on any atom is -0.385 e. The van der Waals surface area contributed by atoms with Gasteiger partial charge in [-0.2, -0.15) is 0 Å². The zero-order valence-corrected chi connectivity index (χ0v) is 18.9. The van der Waals surface area contributed by atoms with Gasteiger partial charge in [0.05, 0.1) is 11.1 Å². The van der Waals surface area contributed by atoms with Crippen LogP contribution in [0.4, 0.5) is 10.5 Å². The molecule has 4 rings (SSSR count). The Bertz CT molecular complexity index is 1000. The molecule has 2 heterocycles. The lowest BCUT2D eigenvalue weighted by Crippen LogP contribution is -2.45. The number of amides is 4. The van der Waals surface area contributed by atoms with Crippen molar-refractivity contribution in [2.24, 2.45) is 0 Å². The van der Waals surface area contributed by atoms with Gasteiger partial charge in [0.1, 0.15) is 0 Å². The van der Waals surface area contributed by atoms with E-state index in [1.165, 1.54) is 10.5 Å². The minimum atomic E-state index is -0.332. The highest BCUT2D eigenvalue weighted by Crippen LogP contribution is 2.26. The van der Waals surface area contributed by atoms with E-state index in [0.29, 0.717) is 36.4 Å². The summed E-state index contributed by atoms with van der Waals surface area (Å²) in [5.41, 5.74) is 2.48. The van der Waals surface area contributed by atoms with E-state index in [-0.39, 0.29) is 23.9 Å². The zero-order valence-electron chi connectivity index (χ0n) is 18.9. The smallest absolute Gasteiger partial charge is 0.319 e. The average molecular weight is 451 g/mol. The lowest BCUT2D eigenvalue weighted by atomic mass is 10.0. The standard InChI is InChI=1S/C25H30N4O4/c1-33-15-5-12-29-23(30)21-9-8-20(16-22(21)24(29)31)27-25(32)26-19-10-13-28(14-11-19)17-18-6-3-2-4-7-18/h2-4,6-9,16,19H,5,10-15,17H2,1H3,(H2,26,27,32). The number of nitrogens with one attached hydrogen (secondary N) is 2. The number of hydrogen-bond donors (Lipinski definition) is 2. The first-order valence-electron chi connectivity index (χ1n) is 11.4. The second kappa shape index (κ2) is 10.6. The second-order valence-electron chi connectivity index (χ2n) is 8.50. The van der Waals surface area contributed by atoms with Crippen LogP contribution in [0, 0.1) is 0 Å². The fraction of sp³-hybridized carbons (Fsp3) is 0.400. The fourth-order valence-electron chi connectivity index (χ4n) is 4.37. The molecule has 0 aromatic heterocycles. The number of carbonyl (C=O) groups excluding carboxylic acids is 3. The summed E-state index contributed by atoms with van der Waals surface area (Å²) in [6.45, 7) is 3.56. The number of ether oxygens (including phenoxy) is 1. The van der Waals surface area contributed by atoms with E-state index >= 15 is 0 Å². The van der Waals surface area contributed by atoms with Crippen LogP contribution in [0.2, 0.25) is 0 Å². The van der Waals surface area contributed by atoms with E-state index in [1.807, 2.05) is 6.07 Å². The van der Waals surface area contributed by atoms with Crippen molar-refractivity contribution in [2.45, 2.75) is 31.8 Å². The Morgan fingerprint density at radius 1 is 1.03 bits per heavy atom. The minimum absolute atomic E-state index is 0.103. The molecule has 4 amide bonds. The lowest BCUT2D eigenvalue weighted by molar-refractivity contribution is 0.0638. The van der Waals surface area contributed by atoms with Crippen LogP contribution < -0.4 is 10.6 Å². The maximum absolute atomic E-state index is 12.6. The van der Waals surface area contributed by atoms with Crippen LogP contribution in [0.1, 0.15) is 45.5 Å². The molecule has 2 aromatic carbocycles. The molecule has 0 saturated carbocycles. The highest BCUT2D eigenvalue weighted by atomic mass is 16.5. The molecule has 2 aromatic rings. The number of benzene rings is 2. The third-order valence-corrected chi connectivity index (χ3v) is 6.13. The number of anilines is 1. The monoisotopic (exact) mass is 450 g/mol. The largest absolute Gasteiger partial charge is 0.385 e. The third-order valence-electron chi connectivity index (χ3n) is 6.13. The predicted molar refractivity (Wildman–Crippen MR) is 125 cm³/mol. The van der Waals surface area contributed by atoms with Crippen LogP contribution in [0.3, 0.4) is 0 Å². The van der Waals surface area contributed by atoms with Gasteiger partial charge < -0.3 is 15.4 Å². The van der Waals surface area contributed by atoms with Gasteiger partial charge in [0.15, 0.2) is 0 Å². The number of imide groups is 1. The second-order valence-corrected chi connectivity index (χ2v) is 8.50. The van der Waals surface area contributed by atoms with Crippen molar-refractivity contribution in [2.75, 3.05) is 38.7 Å². The topological polar surface area (TPSA) is 91.0 Å². The number of fused-ring (bicyclic) bond motifs is 1. The van der Waals surface area contributed by atoms with E-state index in [1.54, 1.807) is 25.3 Å². The highest BCUT2D eigenvalue weighted by Gasteiger charge is 2.35. The Morgan fingerprint density at radius 2 is 1.76 bits per heavy atom. The molecule has 0 bridgehead atoms. The Kier molecular flexibility index (Phi) is 7.36. The Hall–Kier alpha value is -3.23. The van der Waals surface area contributed by atoms with Crippen molar-refractivity contribution < 1.29 is 19.1 Å². The maximum atomic E-state index is 12.6. The van der Waals surface area contributed by atoms with Crippen molar-refractivity contribution in [1.82, 2.24) is 15.1 Å². The molecule has 2 N–H and O–H groups in total. The molecule has 0 aliphatic carbocycles. The molecule has 2 aliphatic heterocycles. The van der Waals surface area contributed by atoms with Crippen LogP contribution in [0.25, 0.3) is 0 Å². The van der Waals surface area contributed by atoms with Gasteiger partial charge in [-0.05, 0) is 43.0 Å². The summed E-state index contributed by atoms with van der Waals surface area (Å²) in [6, 6.07) is 15.0. The van der Waals surface area contributed by atoms with Gasteiger partial charge in [0, 0.05) is 51.6 Å². The van der Waals surface area contributed by atoms with Gasteiger partial charge in [-0.25, -0.2) is 4.79 Å². The summed E-state index contributed by atoms with van der Waals surface area (Å²) < 4.78 is 5.00. The Labute approximate surface area is 193 Å². The number of piperidine rings is 1. The van der Waals surface area contributed by atoms with Crippen LogP contribution >= 0.6 is 0 Å². The number of methoxy groups -OCH3 is 1. The van der Waals surface area contributed by atoms with E-state index < -0.39 is 0 Å². The zero-order chi connectivity index (χ0) is 23.2. The van der Waals surface area contributed by atoms with Crippen LogP contribution in [-0.2, 0) is 11.3 Å². The lowest BCUT2D eigenvalue weighted by Gasteiger charge is -2.32. The number of rotatable bonds is 8. The van der Waals surface area contributed by atoms with Crippen molar-refractivity contribution in [3.63, 3.8) is 0 Å². The number of nitrogens with zero attached hydrogens (tertiary/aromatic N) is 2. The van der Waals surface area contributed by atoms with E-state index in [0.717, 1.165) is 32.5 Å². The van der Waals surface area contributed by atoms with Gasteiger partial charge in [-0.3, -0.25) is 19.4 Å². The van der Waals surface area contributed by atoms with Gasteiger partial charge >= 0.3 is 6.03 Å². The average Bonchev–Trinajstić information content (AvgIpc) is 3.05. The van der Waals surface area contributed by atoms with Gasteiger partial charge in [-0.15, -0.1) is 0 Å². The van der Waals surface area contributed by atoms with Crippen LogP contribution in [0.5, 0.6) is 0 Å². The molecule has 0 radical (unpaired) electrons. The first-order chi connectivity index (χ1) is 16.0. The molecule has 33 heavy (non-hydrogen) atoms. The molecule has 8 nitrogen and oxygen atoms in total. The normalized spacial score (nSPS) is 16.7. The number of urea groups is 1. The van der Waals surface area contributed by atoms with Crippen LogP contribution in [0.15, 0.2) is 48.5 Å². The molecule has 1 fully saturated rings. The Balaban J connectivity index is 1.27. The van der Waals surface area contributed by atoms with Crippen molar-refractivity contribution in [1.29, 1.82) is 0 Å². The van der Waals surface area contributed by atoms with Crippen LogP contribution in [-0.4, -0.2) is 67.0 Å². The first-order valence-corrected chi connectivity index (χ1v) is 11.4. The molecule has 8 heteroatoms. The highest BCUT2D eigenvalue weighted by molar-refractivity contribution is 6.21. The molecular formula is C25H30N4O4. The quantitative estimate of drug-likeness (QED) is 0.476. The van der Waals surface area contributed by atoms with Crippen molar-refractivity contribution in [3.8, 4) is 0 Å². The maximum Gasteiger partial charge on any atom is 0.319 e. The SMILES string of the molecule is COCCCN1C(=O)c2ccc(NC(=O)NC3CCN(Cc4ccccc4)CC3)cc2C1=O. The molecule has 0 atom stereocenters. The summed E-state index contributed by atoms with van der Waals surface area (Å²) in [5, 5.41) is 5.84. The first kappa shape index (κ1) is 22.9. The summed E-state index contributed by atoms with van der Waals surface area (Å²) >= 11 is 0. The summed E-state index contributed by atoms with van der Waals surface area (Å²) in [6.07, 6.45) is 2.35. The van der Waals surface area contributed by atoms with E-state index in [4.69, 9.17) is 4.74 Å². The Morgan fingerprint density at radius 3 is 2.48 bits per heavy atom. The third kappa shape index (κ3) is 5.58. The fourth-order valence-corrected chi connectivity index (χ4v) is 4.37. The summed E-state index contributed by atoms with van der Waals surface area (Å²) in [7, 11) is 1.58. The molecular weight excluding hydrogens is 420 g/mol. The number of hydrogen-bond acceptors (Lipinski definition) is 5. The summed E-state index contributed by atoms with van der Waals surface area (Å²) in [4.78, 5) is 41.3. The molecule has 2 aliphatic rings. The predicted octanol–water partition coefficient (Wildman–Crippen LogP) is 3.11. The van der Waals surface area contributed by atoms with E-state index in [9.17, 15) is 14.4 Å². The van der Waals surface area contributed by atoms with E-state index in [2.05, 4.69) is 39.8 Å². The van der Waals surface area contributed by atoms with Crippen molar-refractivity contribution >= 4 is 23.5 Å². The molecule has 1 saturated heterocycles. The number of likely N-dealkylation sites (tertiary alicyclic amines) is 1. The summed E-state index contributed by atoms with van der Waals surface area (Å²) in [5.74, 6) is -0.634. The van der Waals surface area contributed by atoms with Gasteiger partial charge in [-0.1, -0.05) is 30.3 Å².